The number of hydrogen-bond acceptors (Lipinski definition) is 5. The molecule has 3 aromatic carbocycles. The maximum atomic E-state index is 12.7. The highest BCUT2D eigenvalue weighted by Gasteiger charge is 2.16. The summed E-state index contributed by atoms with van der Waals surface area (Å²) >= 11 is 0. The monoisotopic (exact) mass is 424 g/mol. The zero-order valence-electron chi connectivity index (χ0n) is 17.4. The van der Waals surface area contributed by atoms with Gasteiger partial charge in [-0.05, 0) is 30.3 Å². The molecular weight excluding hydrogens is 404 g/mol. The van der Waals surface area contributed by atoms with Gasteiger partial charge < -0.3 is 14.6 Å². The van der Waals surface area contributed by atoms with Crippen molar-refractivity contribution in [2.45, 2.75) is 13.0 Å². The van der Waals surface area contributed by atoms with E-state index < -0.39 is 5.97 Å². The van der Waals surface area contributed by atoms with Gasteiger partial charge in [0.1, 0.15) is 5.52 Å². The summed E-state index contributed by atoms with van der Waals surface area (Å²) in [5.74, 6) is -0.702. The molecule has 0 aliphatic carbocycles. The molecule has 32 heavy (non-hydrogen) atoms. The average molecular weight is 424 g/mol. The number of anilines is 1. The van der Waals surface area contributed by atoms with Gasteiger partial charge in [-0.2, -0.15) is 0 Å². The molecule has 2 aromatic heterocycles. The van der Waals surface area contributed by atoms with Gasteiger partial charge in [0, 0.05) is 18.4 Å². The highest BCUT2D eigenvalue weighted by Crippen LogP contribution is 2.28. The second kappa shape index (κ2) is 8.11. The number of aromatic nitrogens is 3. The number of fused-ring (bicyclic) bond motifs is 4. The normalized spacial score (nSPS) is 11.2. The fourth-order valence-electron chi connectivity index (χ4n) is 3.92. The first kappa shape index (κ1) is 19.7. The molecule has 0 saturated carbocycles. The van der Waals surface area contributed by atoms with E-state index >= 15 is 0 Å². The molecular formula is C25H20N4O3. The van der Waals surface area contributed by atoms with Crippen molar-refractivity contribution in [3.8, 4) is 0 Å². The molecule has 1 amide bonds. The van der Waals surface area contributed by atoms with Crippen molar-refractivity contribution >= 4 is 50.7 Å². The van der Waals surface area contributed by atoms with E-state index in [2.05, 4.69) is 5.32 Å². The Morgan fingerprint density at radius 2 is 1.59 bits per heavy atom. The van der Waals surface area contributed by atoms with Crippen LogP contribution in [0.2, 0.25) is 0 Å². The van der Waals surface area contributed by atoms with Crippen molar-refractivity contribution in [1.82, 2.24) is 14.5 Å². The SMILES string of the molecule is COC(=O)c1ccccc1NC(=O)CCn1c2ccccc2c2nc3ccccc3nc21. The molecule has 2 heterocycles. The maximum absolute atomic E-state index is 12.7. The molecule has 0 radical (unpaired) electrons. The van der Waals surface area contributed by atoms with E-state index in [1.165, 1.54) is 7.11 Å². The first-order chi connectivity index (χ1) is 15.7. The number of amides is 1. The molecule has 7 nitrogen and oxygen atoms in total. The molecule has 0 unspecified atom stereocenters. The summed E-state index contributed by atoms with van der Waals surface area (Å²) < 4.78 is 6.82. The Balaban J connectivity index is 1.47. The molecule has 5 aromatic rings. The number of carbonyl (C=O) groups is 2. The fourth-order valence-corrected chi connectivity index (χ4v) is 3.92. The second-order valence-electron chi connectivity index (χ2n) is 7.39. The first-order valence-electron chi connectivity index (χ1n) is 10.3. The van der Waals surface area contributed by atoms with Gasteiger partial charge >= 0.3 is 5.97 Å². The third-order valence-corrected chi connectivity index (χ3v) is 5.43. The van der Waals surface area contributed by atoms with Gasteiger partial charge in [-0.25, -0.2) is 14.8 Å². The summed E-state index contributed by atoms with van der Waals surface area (Å²) in [7, 11) is 1.31. The summed E-state index contributed by atoms with van der Waals surface area (Å²) in [5.41, 5.74) is 4.92. The minimum atomic E-state index is -0.495. The Kier molecular flexibility index (Phi) is 4.99. The topological polar surface area (TPSA) is 86.1 Å². The average Bonchev–Trinajstić information content (AvgIpc) is 3.13. The molecule has 0 saturated heterocycles. The van der Waals surface area contributed by atoms with Crippen LogP contribution in [0.25, 0.3) is 33.1 Å². The number of methoxy groups -OCH3 is 1. The van der Waals surface area contributed by atoms with Crippen molar-refractivity contribution < 1.29 is 14.3 Å². The predicted octanol–water partition coefficient (Wildman–Crippen LogP) is 4.55. The predicted molar refractivity (Wildman–Crippen MR) is 124 cm³/mol. The van der Waals surface area contributed by atoms with Crippen LogP contribution < -0.4 is 5.32 Å². The lowest BCUT2D eigenvalue weighted by molar-refractivity contribution is -0.116. The number of aryl methyl sites for hydroxylation is 1. The molecule has 5 rings (SSSR count). The molecule has 0 aliphatic rings. The summed E-state index contributed by atoms with van der Waals surface area (Å²) in [4.78, 5) is 34.4. The Labute approximate surface area is 183 Å². The zero-order chi connectivity index (χ0) is 22.1. The fraction of sp³-hybridized carbons (Fsp3) is 0.120. The van der Waals surface area contributed by atoms with Gasteiger partial charge in [-0.15, -0.1) is 0 Å². The van der Waals surface area contributed by atoms with Crippen LogP contribution >= 0.6 is 0 Å². The molecule has 1 N–H and O–H groups in total. The number of nitrogens with one attached hydrogen (secondary N) is 1. The zero-order valence-corrected chi connectivity index (χ0v) is 17.4. The summed E-state index contributed by atoms with van der Waals surface area (Å²) in [6.45, 7) is 0.420. The van der Waals surface area contributed by atoms with Crippen LogP contribution in [0.15, 0.2) is 72.8 Å². The molecule has 0 spiro atoms. The summed E-state index contributed by atoms with van der Waals surface area (Å²) in [5, 5.41) is 3.82. The van der Waals surface area contributed by atoms with E-state index in [4.69, 9.17) is 14.7 Å². The standard InChI is InChI=1S/C25H20N4O3/c1-32-25(31)16-8-2-4-10-18(16)26-22(30)14-15-29-21-13-7-3-9-17(21)23-24(29)28-20-12-6-5-11-19(20)27-23/h2-13H,14-15H2,1H3,(H,26,30). The quantitative estimate of drug-likeness (QED) is 0.418. The van der Waals surface area contributed by atoms with E-state index in [1.54, 1.807) is 24.3 Å². The van der Waals surface area contributed by atoms with Gasteiger partial charge in [-0.3, -0.25) is 4.79 Å². The smallest absolute Gasteiger partial charge is 0.339 e. The van der Waals surface area contributed by atoms with Crippen LogP contribution in [-0.2, 0) is 16.1 Å². The molecule has 0 bridgehead atoms. The van der Waals surface area contributed by atoms with Gasteiger partial charge in [0.05, 0.1) is 34.9 Å². The highest BCUT2D eigenvalue weighted by atomic mass is 16.5. The number of para-hydroxylation sites is 4. The Hall–Kier alpha value is -4.26. The van der Waals surface area contributed by atoms with E-state index in [0.29, 0.717) is 17.8 Å². The molecule has 0 fully saturated rings. The lowest BCUT2D eigenvalue weighted by Gasteiger charge is -2.11. The van der Waals surface area contributed by atoms with Gasteiger partial charge in [0.15, 0.2) is 5.65 Å². The number of nitrogens with zero attached hydrogens (tertiary/aromatic N) is 3. The number of carbonyl (C=O) groups excluding carboxylic acids is 2. The Bertz CT molecular complexity index is 1490. The molecule has 0 aliphatic heterocycles. The van der Waals surface area contributed by atoms with Crippen LogP contribution in [0, 0.1) is 0 Å². The van der Waals surface area contributed by atoms with E-state index in [1.807, 2.05) is 53.1 Å². The van der Waals surface area contributed by atoms with Crippen molar-refractivity contribution in [1.29, 1.82) is 0 Å². The Morgan fingerprint density at radius 1 is 0.906 bits per heavy atom. The van der Waals surface area contributed by atoms with E-state index in [0.717, 1.165) is 33.1 Å². The minimum absolute atomic E-state index is 0.206. The lowest BCUT2D eigenvalue weighted by Crippen LogP contribution is -2.17. The van der Waals surface area contributed by atoms with Gasteiger partial charge in [-0.1, -0.05) is 42.5 Å². The van der Waals surface area contributed by atoms with Crippen molar-refractivity contribution in [2.75, 3.05) is 12.4 Å². The number of benzene rings is 3. The van der Waals surface area contributed by atoms with Crippen LogP contribution in [-0.4, -0.2) is 33.5 Å². The Morgan fingerprint density at radius 3 is 2.41 bits per heavy atom. The highest BCUT2D eigenvalue weighted by molar-refractivity contribution is 6.06. The molecule has 0 atom stereocenters. The van der Waals surface area contributed by atoms with Crippen LogP contribution in [0.3, 0.4) is 0 Å². The van der Waals surface area contributed by atoms with Gasteiger partial charge in [0.2, 0.25) is 5.91 Å². The van der Waals surface area contributed by atoms with Crippen molar-refractivity contribution in [2.24, 2.45) is 0 Å². The van der Waals surface area contributed by atoms with E-state index in [9.17, 15) is 9.59 Å². The number of rotatable bonds is 5. The van der Waals surface area contributed by atoms with Crippen LogP contribution in [0.4, 0.5) is 5.69 Å². The third kappa shape index (κ3) is 3.43. The minimum Gasteiger partial charge on any atom is -0.465 e. The molecule has 158 valence electrons. The number of hydrogen-bond donors (Lipinski definition) is 1. The van der Waals surface area contributed by atoms with Crippen molar-refractivity contribution in [3.05, 3.63) is 78.4 Å². The van der Waals surface area contributed by atoms with Crippen LogP contribution in [0.5, 0.6) is 0 Å². The largest absolute Gasteiger partial charge is 0.465 e. The summed E-state index contributed by atoms with van der Waals surface area (Å²) in [6, 6.07) is 22.5. The van der Waals surface area contributed by atoms with Gasteiger partial charge in [0.25, 0.3) is 0 Å². The number of ether oxygens (including phenoxy) is 1. The lowest BCUT2D eigenvalue weighted by atomic mass is 10.1. The second-order valence-corrected chi connectivity index (χ2v) is 7.39. The molecule has 7 heteroatoms. The van der Waals surface area contributed by atoms with Crippen LogP contribution in [0.1, 0.15) is 16.8 Å². The summed E-state index contributed by atoms with van der Waals surface area (Å²) in [6.07, 6.45) is 0.206. The third-order valence-electron chi connectivity index (χ3n) is 5.43. The van der Waals surface area contributed by atoms with Crippen molar-refractivity contribution in [3.63, 3.8) is 0 Å². The maximum Gasteiger partial charge on any atom is 0.339 e. The first-order valence-corrected chi connectivity index (χ1v) is 10.3. The number of esters is 1. The van der Waals surface area contributed by atoms with E-state index in [-0.39, 0.29) is 12.3 Å².